The smallest absolute Gasteiger partial charge is 0.322 e. The molecule has 26 heavy (non-hydrogen) atoms. The molecule has 0 spiro atoms. The summed E-state index contributed by atoms with van der Waals surface area (Å²) in [6, 6.07) is 12.3. The lowest BCUT2D eigenvalue weighted by atomic mass is 10.1. The van der Waals surface area contributed by atoms with Gasteiger partial charge in [-0.25, -0.2) is 0 Å². The SMILES string of the molecule is O=C(Nc1nnc(Cc2ccc3c(c2)OCCO3)o1)c1cccc(Cl)c1. The second-order valence-electron chi connectivity index (χ2n) is 5.62. The Morgan fingerprint density at radius 3 is 2.77 bits per heavy atom. The molecule has 0 saturated heterocycles. The zero-order valence-electron chi connectivity index (χ0n) is 13.6. The molecule has 4 rings (SSSR count). The zero-order valence-corrected chi connectivity index (χ0v) is 14.3. The Morgan fingerprint density at radius 1 is 1.08 bits per heavy atom. The standard InChI is InChI=1S/C18H14ClN3O4/c19-13-3-1-2-12(10-13)17(23)20-18-22-21-16(26-18)9-11-4-5-14-15(8-11)25-7-6-24-14/h1-5,8,10H,6-7,9H2,(H,20,22,23). The summed E-state index contributed by atoms with van der Waals surface area (Å²) in [6.45, 7) is 1.07. The number of rotatable bonds is 4. The quantitative estimate of drug-likeness (QED) is 0.757. The highest BCUT2D eigenvalue weighted by Crippen LogP contribution is 2.31. The zero-order chi connectivity index (χ0) is 17.9. The largest absolute Gasteiger partial charge is 0.486 e. The Morgan fingerprint density at radius 2 is 1.92 bits per heavy atom. The number of ether oxygens (including phenoxy) is 2. The van der Waals surface area contributed by atoms with Crippen LogP contribution in [0.4, 0.5) is 6.01 Å². The van der Waals surface area contributed by atoms with Crippen molar-refractivity contribution in [2.24, 2.45) is 0 Å². The first kappa shape index (κ1) is 16.4. The molecule has 132 valence electrons. The number of hydrogen-bond donors (Lipinski definition) is 1. The maximum Gasteiger partial charge on any atom is 0.322 e. The van der Waals surface area contributed by atoms with Gasteiger partial charge >= 0.3 is 6.01 Å². The Bertz CT molecular complexity index is 957. The number of benzene rings is 2. The maximum absolute atomic E-state index is 12.2. The van der Waals surface area contributed by atoms with Crippen LogP contribution in [-0.2, 0) is 6.42 Å². The van der Waals surface area contributed by atoms with Gasteiger partial charge in [0.1, 0.15) is 13.2 Å². The third-order valence-corrected chi connectivity index (χ3v) is 3.97. The van der Waals surface area contributed by atoms with Gasteiger partial charge < -0.3 is 13.9 Å². The van der Waals surface area contributed by atoms with Gasteiger partial charge in [0, 0.05) is 10.6 Å². The van der Waals surface area contributed by atoms with E-state index in [1.165, 1.54) is 0 Å². The monoisotopic (exact) mass is 371 g/mol. The van der Waals surface area contributed by atoms with E-state index in [4.69, 9.17) is 25.5 Å². The van der Waals surface area contributed by atoms with Gasteiger partial charge in [0.15, 0.2) is 11.5 Å². The fourth-order valence-corrected chi connectivity index (χ4v) is 2.74. The lowest BCUT2D eigenvalue weighted by Crippen LogP contribution is -2.15. The number of nitrogens with zero attached hydrogens (tertiary/aromatic N) is 2. The van der Waals surface area contributed by atoms with Gasteiger partial charge in [0.25, 0.3) is 5.91 Å². The van der Waals surface area contributed by atoms with Crippen molar-refractivity contribution in [3.8, 4) is 11.5 Å². The van der Waals surface area contributed by atoms with Crippen molar-refractivity contribution in [3.05, 3.63) is 64.5 Å². The van der Waals surface area contributed by atoms with Gasteiger partial charge in [0.2, 0.25) is 5.89 Å². The molecule has 1 N–H and O–H groups in total. The van der Waals surface area contributed by atoms with Crippen LogP contribution in [-0.4, -0.2) is 29.3 Å². The first-order valence-corrected chi connectivity index (χ1v) is 8.33. The lowest BCUT2D eigenvalue weighted by Gasteiger charge is -2.18. The van der Waals surface area contributed by atoms with E-state index in [-0.39, 0.29) is 11.9 Å². The van der Waals surface area contributed by atoms with Gasteiger partial charge in [-0.2, -0.15) is 0 Å². The summed E-state index contributed by atoms with van der Waals surface area (Å²) in [6.07, 6.45) is 0.413. The van der Waals surface area contributed by atoms with E-state index in [0.717, 1.165) is 11.3 Å². The maximum atomic E-state index is 12.2. The molecule has 2 heterocycles. The minimum Gasteiger partial charge on any atom is -0.486 e. The number of aromatic nitrogens is 2. The Kier molecular flexibility index (Phi) is 4.45. The molecule has 1 aliphatic heterocycles. The molecule has 1 aliphatic rings. The van der Waals surface area contributed by atoms with Gasteiger partial charge in [0.05, 0.1) is 6.42 Å². The van der Waals surface area contributed by atoms with Crippen LogP contribution in [0.1, 0.15) is 21.8 Å². The highest BCUT2D eigenvalue weighted by molar-refractivity contribution is 6.31. The lowest BCUT2D eigenvalue weighted by molar-refractivity contribution is 0.102. The molecule has 0 fully saturated rings. The van der Waals surface area contributed by atoms with Crippen LogP contribution in [0.25, 0.3) is 0 Å². The van der Waals surface area contributed by atoms with Crippen LogP contribution >= 0.6 is 11.6 Å². The molecule has 0 unspecified atom stereocenters. The Labute approximate surface area is 153 Å². The third kappa shape index (κ3) is 3.62. The Balaban J connectivity index is 1.44. The van der Waals surface area contributed by atoms with Crippen LogP contribution in [0, 0.1) is 0 Å². The Hall–Kier alpha value is -3.06. The van der Waals surface area contributed by atoms with Gasteiger partial charge in [-0.05, 0) is 35.9 Å². The summed E-state index contributed by atoms with van der Waals surface area (Å²) in [5.74, 6) is 1.42. The van der Waals surface area contributed by atoms with Crippen molar-refractivity contribution in [3.63, 3.8) is 0 Å². The van der Waals surface area contributed by atoms with E-state index in [0.29, 0.717) is 41.9 Å². The van der Waals surface area contributed by atoms with Gasteiger partial charge in [-0.3, -0.25) is 10.1 Å². The molecule has 7 nitrogen and oxygen atoms in total. The summed E-state index contributed by atoms with van der Waals surface area (Å²) in [4.78, 5) is 12.2. The first-order valence-electron chi connectivity index (χ1n) is 7.95. The number of carbonyl (C=O) groups excluding carboxylic acids is 1. The molecule has 0 atom stereocenters. The number of anilines is 1. The number of fused-ring (bicyclic) bond motifs is 1. The molecule has 0 saturated carbocycles. The second-order valence-corrected chi connectivity index (χ2v) is 6.06. The number of halogens is 1. The summed E-state index contributed by atoms with van der Waals surface area (Å²) in [5.41, 5.74) is 1.34. The van der Waals surface area contributed by atoms with Crippen molar-refractivity contribution in [2.75, 3.05) is 18.5 Å². The van der Waals surface area contributed by atoms with Crippen molar-refractivity contribution in [1.82, 2.24) is 10.2 Å². The van der Waals surface area contributed by atoms with E-state index in [1.807, 2.05) is 18.2 Å². The predicted molar refractivity (Wildman–Crippen MR) is 93.9 cm³/mol. The van der Waals surface area contributed by atoms with Gasteiger partial charge in [-0.15, -0.1) is 5.10 Å². The molecule has 0 aliphatic carbocycles. The van der Waals surface area contributed by atoms with E-state index < -0.39 is 0 Å². The van der Waals surface area contributed by atoms with E-state index in [9.17, 15) is 4.79 Å². The normalized spacial score (nSPS) is 12.7. The molecular formula is C18H14ClN3O4. The van der Waals surface area contributed by atoms with Crippen molar-refractivity contribution < 1.29 is 18.7 Å². The molecule has 2 aromatic carbocycles. The fraction of sp³-hybridized carbons (Fsp3) is 0.167. The topological polar surface area (TPSA) is 86.5 Å². The van der Waals surface area contributed by atoms with Crippen LogP contribution < -0.4 is 14.8 Å². The molecule has 1 amide bonds. The first-order chi connectivity index (χ1) is 12.7. The summed E-state index contributed by atoms with van der Waals surface area (Å²) < 4.78 is 16.5. The van der Waals surface area contributed by atoms with Crippen LogP contribution in [0.15, 0.2) is 46.9 Å². The molecule has 3 aromatic rings. The van der Waals surface area contributed by atoms with E-state index in [1.54, 1.807) is 24.3 Å². The van der Waals surface area contributed by atoms with Crippen LogP contribution in [0.5, 0.6) is 11.5 Å². The highest BCUT2D eigenvalue weighted by Gasteiger charge is 2.15. The average Bonchev–Trinajstić information content (AvgIpc) is 3.08. The summed E-state index contributed by atoms with van der Waals surface area (Å²) >= 11 is 5.89. The third-order valence-electron chi connectivity index (χ3n) is 3.74. The van der Waals surface area contributed by atoms with Crippen molar-refractivity contribution >= 4 is 23.5 Å². The summed E-state index contributed by atoms with van der Waals surface area (Å²) in [7, 11) is 0. The van der Waals surface area contributed by atoms with Crippen LogP contribution in [0.2, 0.25) is 5.02 Å². The fourth-order valence-electron chi connectivity index (χ4n) is 2.55. The number of carbonyl (C=O) groups is 1. The minimum atomic E-state index is -0.373. The van der Waals surface area contributed by atoms with E-state index >= 15 is 0 Å². The predicted octanol–water partition coefficient (Wildman–Crippen LogP) is 3.34. The van der Waals surface area contributed by atoms with Crippen LogP contribution in [0.3, 0.4) is 0 Å². The molecule has 0 radical (unpaired) electrons. The number of nitrogens with one attached hydrogen (secondary N) is 1. The minimum absolute atomic E-state index is 0.0301. The van der Waals surface area contributed by atoms with Crippen molar-refractivity contribution in [1.29, 1.82) is 0 Å². The molecule has 8 heteroatoms. The molecule has 1 aromatic heterocycles. The van der Waals surface area contributed by atoms with Gasteiger partial charge in [-0.1, -0.05) is 28.8 Å². The summed E-state index contributed by atoms with van der Waals surface area (Å²) in [5, 5.41) is 10.8. The van der Waals surface area contributed by atoms with Crippen molar-refractivity contribution in [2.45, 2.75) is 6.42 Å². The molecule has 0 bridgehead atoms. The number of hydrogen-bond acceptors (Lipinski definition) is 6. The number of amides is 1. The molecular weight excluding hydrogens is 358 g/mol. The average molecular weight is 372 g/mol. The van der Waals surface area contributed by atoms with E-state index in [2.05, 4.69) is 15.5 Å². The second kappa shape index (κ2) is 7.05. The highest BCUT2D eigenvalue weighted by atomic mass is 35.5.